The summed E-state index contributed by atoms with van der Waals surface area (Å²) in [6.45, 7) is 3.88. The number of ether oxygens (including phenoxy) is 2. The number of aryl methyl sites for hydroxylation is 1. The summed E-state index contributed by atoms with van der Waals surface area (Å²) in [5, 5.41) is 3.94. The Balaban J connectivity index is 2.13. The summed E-state index contributed by atoms with van der Waals surface area (Å²) in [5.41, 5.74) is 3.55. The predicted molar refractivity (Wildman–Crippen MR) is 125 cm³/mol. The van der Waals surface area contributed by atoms with Crippen LogP contribution in [0.2, 0.25) is 0 Å². The third kappa shape index (κ3) is 4.79. The lowest BCUT2D eigenvalue weighted by atomic mass is 10.0. The first-order chi connectivity index (χ1) is 15.3. The van der Waals surface area contributed by atoms with Gasteiger partial charge in [0.05, 0.1) is 23.8 Å². The molecule has 0 unspecified atom stereocenters. The van der Waals surface area contributed by atoms with Gasteiger partial charge < -0.3 is 18.9 Å². The van der Waals surface area contributed by atoms with Crippen LogP contribution in [0.3, 0.4) is 0 Å². The van der Waals surface area contributed by atoms with Gasteiger partial charge >= 0.3 is 0 Å². The minimum absolute atomic E-state index is 0.135. The van der Waals surface area contributed by atoms with Crippen molar-refractivity contribution in [2.24, 2.45) is 0 Å². The maximum Gasteiger partial charge on any atom is 0.269 e. The van der Waals surface area contributed by atoms with Gasteiger partial charge in [-0.2, -0.15) is 0 Å². The third-order valence-electron chi connectivity index (χ3n) is 5.13. The fourth-order valence-electron chi connectivity index (χ4n) is 3.29. The SMILES string of the molecule is COCCOCN(c1onc(C)c1C)S(=O)(=O)c1ccccc1-c1ccccc1N(C)C. The van der Waals surface area contributed by atoms with Crippen LogP contribution in [0, 0.1) is 13.8 Å². The van der Waals surface area contributed by atoms with Gasteiger partial charge in [-0.3, -0.25) is 0 Å². The van der Waals surface area contributed by atoms with Gasteiger partial charge in [0.2, 0.25) is 5.88 Å². The van der Waals surface area contributed by atoms with Crippen LogP contribution in [-0.4, -0.2) is 54.7 Å². The van der Waals surface area contributed by atoms with Gasteiger partial charge in [-0.1, -0.05) is 41.6 Å². The maximum atomic E-state index is 13.9. The Morgan fingerprint density at radius 1 is 0.969 bits per heavy atom. The number of aromatic nitrogens is 1. The number of benzene rings is 2. The normalized spacial score (nSPS) is 11.5. The van der Waals surface area contributed by atoms with E-state index < -0.39 is 10.0 Å². The van der Waals surface area contributed by atoms with Gasteiger partial charge in [0, 0.05) is 43.6 Å². The molecule has 1 heterocycles. The minimum Gasteiger partial charge on any atom is -0.382 e. The Kier molecular flexibility index (Phi) is 7.55. The number of anilines is 2. The van der Waals surface area contributed by atoms with Crippen LogP contribution >= 0.6 is 0 Å². The minimum atomic E-state index is -4.06. The summed E-state index contributed by atoms with van der Waals surface area (Å²) >= 11 is 0. The lowest BCUT2D eigenvalue weighted by molar-refractivity contribution is 0.0744. The average molecular weight is 460 g/mol. The molecule has 8 nitrogen and oxygen atoms in total. The highest BCUT2D eigenvalue weighted by atomic mass is 32.2. The first-order valence-corrected chi connectivity index (χ1v) is 11.6. The Bertz CT molecular complexity index is 1160. The van der Waals surface area contributed by atoms with Crippen molar-refractivity contribution in [1.82, 2.24) is 5.16 Å². The maximum absolute atomic E-state index is 13.9. The Morgan fingerprint density at radius 2 is 1.62 bits per heavy atom. The second-order valence-electron chi connectivity index (χ2n) is 7.49. The average Bonchev–Trinajstić information content (AvgIpc) is 3.11. The molecule has 0 fully saturated rings. The molecule has 2 aromatic carbocycles. The van der Waals surface area contributed by atoms with Crippen molar-refractivity contribution < 1.29 is 22.4 Å². The standard InChI is InChI=1S/C23H29N3O5S/c1-17-18(2)24-31-23(17)26(16-30-15-14-29-5)32(27,28)22-13-9-7-11-20(22)19-10-6-8-12-21(19)25(3)4/h6-13H,14-16H2,1-5H3. The Hall–Kier alpha value is -2.88. The zero-order chi connectivity index (χ0) is 23.3. The van der Waals surface area contributed by atoms with Gasteiger partial charge in [-0.15, -0.1) is 0 Å². The quantitative estimate of drug-likeness (QED) is 0.336. The van der Waals surface area contributed by atoms with Crippen molar-refractivity contribution >= 4 is 21.6 Å². The van der Waals surface area contributed by atoms with Gasteiger partial charge in [0.15, 0.2) is 0 Å². The molecule has 9 heteroatoms. The van der Waals surface area contributed by atoms with Crippen LogP contribution in [0.25, 0.3) is 11.1 Å². The molecule has 1 aromatic heterocycles. The molecular formula is C23H29N3O5S. The van der Waals surface area contributed by atoms with Crippen LogP contribution < -0.4 is 9.21 Å². The lowest BCUT2D eigenvalue weighted by Gasteiger charge is -2.24. The molecule has 0 radical (unpaired) electrons. The first kappa shape index (κ1) is 23.8. The highest BCUT2D eigenvalue weighted by molar-refractivity contribution is 7.93. The first-order valence-electron chi connectivity index (χ1n) is 10.2. The molecule has 0 saturated carbocycles. The molecule has 172 valence electrons. The van der Waals surface area contributed by atoms with E-state index in [1.165, 1.54) is 0 Å². The fraction of sp³-hybridized carbons (Fsp3) is 0.348. The second-order valence-corrected chi connectivity index (χ2v) is 9.32. The van der Waals surface area contributed by atoms with Crippen molar-refractivity contribution in [3.8, 4) is 11.1 Å². The highest BCUT2D eigenvalue weighted by Crippen LogP contribution is 2.37. The summed E-state index contributed by atoms with van der Waals surface area (Å²) in [5.74, 6) is 0.135. The van der Waals surface area contributed by atoms with Gasteiger partial charge in [-0.25, -0.2) is 12.7 Å². The van der Waals surface area contributed by atoms with Crippen LogP contribution in [0.5, 0.6) is 0 Å². The zero-order valence-electron chi connectivity index (χ0n) is 19.0. The lowest BCUT2D eigenvalue weighted by Crippen LogP contribution is -2.34. The van der Waals surface area contributed by atoms with Crippen LogP contribution in [0.15, 0.2) is 57.9 Å². The third-order valence-corrected chi connectivity index (χ3v) is 6.89. The van der Waals surface area contributed by atoms with Crippen LogP contribution in [0.4, 0.5) is 11.6 Å². The molecule has 0 amide bonds. The van der Waals surface area contributed by atoms with Crippen molar-refractivity contribution in [1.29, 1.82) is 0 Å². The molecule has 0 atom stereocenters. The fourth-order valence-corrected chi connectivity index (χ4v) is 4.83. The van der Waals surface area contributed by atoms with E-state index in [0.29, 0.717) is 23.4 Å². The zero-order valence-corrected chi connectivity index (χ0v) is 19.8. The summed E-state index contributed by atoms with van der Waals surface area (Å²) in [6.07, 6.45) is 0. The molecule has 0 aliphatic carbocycles. The molecule has 3 rings (SSSR count). The number of hydrogen-bond donors (Lipinski definition) is 0. The van der Waals surface area contributed by atoms with E-state index in [-0.39, 0.29) is 24.1 Å². The van der Waals surface area contributed by atoms with Gasteiger partial charge in [0.25, 0.3) is 10.0 Å². The van der Waals surface area contributed by atoms with Gasteiger partial charge in [-0.05, 0) is 26.0 Å². The van der Waals surface area contributed by atoms with Gasteiger partial charge in [0.1, 0.15) is 6.73 Å². The number of sulfonamides is 1. The van der Waals surface area contributed by atoms with Crippen molar-refractivity contribution in [3.63, 3.8) is 0 Å². The number of nitrogens with zero attached hydrogens (tertiary/aromatic N) is 3. The number of hydrogen-bond acceptors (Lipinski definition) is 7. The van der Waals surface area contributed by atoms with E-state index in [9.17, 15) is 8.42 Å². The summed E-state index contributed by atoms with van der Waals surface area (Å²) in [7, 11) is 1.35. The molecule has 0 saturated heterocycles. The molecule has 0 bridgehead atoms. The topological polar surface area (TPSA) is 85.1 Å². The van der Waals surface area contributed by atoms with E-state index in [4.69, 9.17) is 14.0 Å². The summed E-state index contributed by atoms with van der Waals surface area (Å²) < 4.78 is 45.0. The number of methoxy groups -OCH3 is 1. The number of rotatable bonds is 10. The smallest absolute Gasteiger partial charge is 0.269 e. The molecule has 3 aromatic rings. The van der Waals surface area contributed by atoms with E-state index in [1.54, 1.807) is 39.2 Å². The number of para-hydroxylation sites is 1. The van der Waals surface area contributed by atoms with E-state index in [1.807, 2.05) is 49.3 Å². The monoisotopic (exact) mass is 459 g/mol. The van der Waals surface area contributed by atoms with Crippen molar-refractivity contribution in [2.45, 2.75) is 18.7 Å². The van der Waals surface area contributed by atoms with E-state index in [0.717, 1.165) is 15.6 Å². The van der Waals surface area contributed by atoms with Crippen molar-refractivity contribution in [2.75, 3.05) is 50.4 Å². The molecule has 0 aliphatic heterocycles. The molecule has 0 spiro atoms. The molecular weight excluding hydrogens is 430 g/mol. The van der Waals surface area contributed by atoms with E-state index >= 15 is 0 Å². The highest BCUT2D eigenvalue weighted by Gasteiger charge is 2.32. The predicted octanol–water partition coefficient (Wildman–Crippen LogP) is 3.84. The van der Waals surface area contributed by atoms with Crippen molar-refractivity contribution in [3.05, 3.63) is 59.8 Å². The van der Waals surface area contributed by atoms with Crippen LogP contribution in [-0.2, 0) is 19.5 Å². The molecule has 0 aliphatic rings. The second kappa shape index (κ2) is 10.2. The Morgan fingerprint density at radius 3 is 2.25 bits per heavy atom. The van der Waals surface area contributed by atoms with E-state index in [2.05, 4.69) is 5.16 Å². The summed E-state index contributed by atoms with van der Waals surface area (Å²) in [4.78, 5) is 2.10. The molecule has 0 N–H and O–H groups in total. The largest absolute Gasteiger partial charge is 0.382 e. The molecule has 32 heavy (non-hydrogen) atoms. The Labute approximate surface area is 189 Å². The summed E-state index contributed by atoms with van der Waals surface area (Å²) in [6, 6.07) is 14.6. The van der Waals surface area contributed by atoms with Crippen LogP contribution in [0.1, 0.15) is 11.3 Å².